The molecule has 4 N–H and O–H groups in total. The molecule has 0 saturated carbocycles. The van der Waals surface area contributed by atoms with E-state index in [1.165, 1.54) is 12.3 Å². The maximum Gasteiger partial charge on any atom is 0.324 e. The van der Waals surface area contributed by atoms with E-state index in [1.807, 2.05) is 30.3 Å². The monoisotopic (exact) mass is 478 g/mol. The Morgan fingerprint density at radius 1 is 1.00 bits per heavy atom. The van der Waals surface area contributed by atoms with Gasteiger partial charge >= 0.3 is 12.1 Å². The normalized spacial score (nSPS) is 10.0. The van der Waals surface area contributed by atoms with Crippen molar-refractivity contribution in [3.8, 4) is 5.75 Å². The second kappa shape index (κ2) is 12.7. The maximum absolute atomic E-state index is 12.3. The van der Waals surface area contributed by atoms with Crippen LogP contribution in [0.1, 0.15) is 12.0 Å². The molecule has 1 heterocycles. The van der Waals surface area contributed by atoms with Crippen LogP contribution in [0.2, 0.25) is 5.02 Å². The maximum atomic E-state index is 12.3. The van der Waals surface area contributed by atoms with Gasteiger partial charge < -0.3 is 20.7 Å². The number of carbonyl (C=O) groups excluding carboxylic acids is 2. The van der Waals surface area contributed by atoms with Crippen LogP contribution in [0.25, 0.3) is 4.85 Å². The molecule has 9 nitrogen and oxygen atoms in total. The quantitative estimate of drug-likeness (QED) is 0.250. The number of pyridine rings is 1. The summed E-state index contributed by atoms with van der Waals surface area (Å²) in [6, 6.07) is 16.8. The number of urea groups is 2. The van der Waals surface area contributed by atoms with Crippen LogP contribution in [0, 0.1) is 6.57 Å². The molecule has 0 spiro atoms. The number of carbonyl (C=O) groups is 2. The highest BCUT2D eigenvalue weighted by Crippen LogP contribution is 2.28. The van der Waals surface area contributed by atoms with Crippen molar-refractivity contribution in [2.45, 2.75) is 13.0 Å². The topological polar surface area (TPSA) is 109 Å². The molecular formula is C24H23ClN6O3. The summed E-state index contributed by atoms with van der Waals surface area (Å²) in [5, 5.41) is 11.3. The highest BCUT2D eigenvalue weighted by atomic mass is 35.5. The molecule has 0 bridgehead atoms. The molecule has 1 aromatic heterocycles. The summed E-state index contributed by atoms with van der Waals surface area (Å²) in [6.45, 7) is 8.12. The van der Waals surface area contributed by atoms with Crippen LogP contribution in [-0.4, -0.2) is 30.2 Å². The number of benzene rings is 2. The Morgan fingerprint density at radius 3 is 2.56 bits per heavy atom. The van der Waals surface area contributed by atoms with E-state index in [9.17, 15) is 9.59 Å². The summed E-state index contributed by atoms with van der Waals surface area (Å²) in [7, 11) is 0. The third kappa shape index (κ3) is 8.00. The average molecular weight is 479 g/mol. The Hall–Kier alpha value is -4.29. The number of aromatic nitrogens is 1. The van der Waals surface area contributed by atoms with Gasteiger partial charge in [0.2, 0.25) is 5.69 Å². The third-order valence-electron chi connectivity index (χ3n) is 4.47. The van der Waals surface area contributed by atoms with Crippen LogP contribution in [0.4, 0.5) is 26.8 Å². The van der Waals surface area contributed by atoms with E-state index in [-0.39, 0.29) is 6.03 Å². The first-order valence-corrected chi connectivity index (χ1v) is 10.8. The predicted octanol–water partition coefficient (Wildman–Crippen LogP) is 5.20. The van der Waals surface area contributed by atoms with Gasteiger partial charge in [0.05, 0.1) is 18.9 Å². The van der Waals surface area contributed by atoms with Crippen LogP contribution in [0.5, 0.6) is 5.75 Å². The van der Waals surface area contributed by atoms with Crippen molar-refractivity contribution in [3.63, 3.8) is 0 Å². The van der Waals surface area contributed by atoms with Gasteiger partial charge in [-0.25, -0.2) is 14.4 Å². The molecule has 0 aliphatic rings. The average Bonchev–Trinajstić information content (AvgIpc) is 2.85. The van der Waals surface area contributed by atoms with E-state index >= 15 is 0 Å². The molecule has 4 amide bonds. The van der Waals surface area contributed by atoms with Crippen LogP contribution < -0.4 is 26.0 Å². The molecule has 0 radical (unpaired) electrons. The molecule has 0 fully saturated rings. The minimum Gasteiger partial charge on any atom is -0.491 e. The molecule has 10 heteroatoms. The van der Waals surface area contributed by atoms with Crippen molar-refractivity contribution < 1.29 is 14.3 Å². The fourth-order valence-electron chi connectivity index (χ4n) is 2.82. The first kappa shape index (κ1) is 24.4. The van der Waals surface area contributed by atoms with Gasteiger partial charge in [-0.05, 0) is 36.2 Å². The highest BCUT2D eigenvalue weighted by molar-refractivity contribution is 6.31. The van der Waals surface area contributed by atoms with E-state index in [0.29, 0.717) is 54.1 Å². The smallest absolute Gasteiger partial charge is 0.324 e. The molecule has 0 atom stereocenters. The Labute approximate surface area is 202 Å². The molecule has 34 heavy (non-hydrogen) atoms. The molecule has 0 aliphatic carbocycles. The van der Waals surface area contributed by atoms with Crippen LogP contribution in [0.3, 0.4) is 0 Å². The number of ether oxygens (including phenoxy) is 1. The number of rotatable bonds is 9. The van der Waals surface area contributed by atoms with E-state index < -0.39 is 6.03 Å². The van der Waals surface area contributed by atoms with Crippen LogP contribution >= 0.6 is 11.6 Å². The Morgan fingerprint density at radius 2 is 1.82 bits per heavy atom. The standard InChI is InChI=1S/C24H23ClN6O3/c1-26-19-9-11-22(28-16-19)31-24(33)30-20-14-18(25)8-10-21(20)34-13-5-12-27-23(32)29-15-17-6-3-2-4-7-17/h2-4,6-11,14,16H,5,12-13,15H2,(H2,27,29,32)(H2,28,30,31,33). The molecule has 0 saturated heterocycles. The summed E-state index contributed by atoms with van der Waals surface area (Å²) in [6.07, 6.45) is 1.93. The fourth-order valence-corrected chi connectivity index (χ4v) is 2.99. The van der Waals surface area contributed by atoms with Crippen molar-refractivity contribution in [2.24, 2.45) is 0 Å². The van der Waals surface area contributed by atoms with Gasteiger partial charge in [-0.2, -0.15) is 0 Å². The SMILES string of the molecule is [C-]#[N+]c1ccc(NC(=O)Nc2cc(Cl)ccc2OCCCNC(=O)NCc2ccccc2)nc1. The number of nitrogens with zero attached hydrogens (tertiary/aromatic N) is 2. The molecule has 0 aliphatic heterocycles. The summed E-state index contributed by atoms with van der Waals surface area (Å²) in [5.74, 6) is 0.732. The first-order chi connectivity index (χ1) is 16.5. The molecule has 3 aromatic rings. The zero-order valence-electron chi connectivity index (χ0n) is 18.2. The van der Waals surface area contributed by atoms with Gasteiger partial charge in [0.1, 0.15) is 11.6 Å². The fraction of sp³-hybridized carbons (Fsp3) is 0.167. The van der Waals surface area contributed by atoms with Crippen molar-refractivity contribution in [3.05, 3.63) is 88.9 Å². The van der Waals surface area contributed by atoms with Crippen molar-refractivity contribution >= 4 is 40.9 Å². The van der Waals surface area contributed by atoms with Crippen molar-refractivity contribution in [1.82, 2.24) is 15.6 Å². The zero-order chi connectivity index (χ0) is 24.2. The van der Waals surface area contributed by atoms with Crippen molar-refractivity contribution in [2.75, 3.05) is 23.8 Å². The first-order valence-electron chi connectivity index (χ1n) is 10.4. The molecule has 0 unspecified atom stereocenters. The lowest BCUT2D eigenvalue weighted by atomic mass is 10.2. The van der Waals surface area contributed by atoms with E-state index in [1.54, 1.807) is 24.3 Å². The lowest BCUT2D eigenvalue weighted by Crippen LogP contribution is -2.36. The third-order valence-corrected chi connectivity index (χ3v) is 4.70. The van der Waals surface area contributed by atoms with E-state index in [4.69, 9.17) is 22.9 Å². The minimum absolute atomic E-state index is 0.257. The van der Waals surface area contributed by atoms with Crippen molar-refractivity contribution in [1.29, 1.82) is 0 Å². The van der Waals surface area contributed by atoms with Crippen LogP contribution in [0.15, 0.2) is 66.9 Å². The number of hydrogen-bond acceptors (Lipinski definition) is 4. The summed E-state index contributed by atoms with van der Waals surface area (Å²) in [4.78, 5) is 31.5. The Kier molecular flexibility index (Phi) is 9.08. The number of nitrogens with one attached hydrogen (secondary N) is 4. The largest absolute Gasteiger partial charge is 0.491 e. The highest BCUT2D eigenvalue weighted by Gasteiger charge is 2.10. The number of halogens is 1. The van der Waals surface area contributed by atoms with E-state index in [0.717, 1.165) is 5.56 Å². The zero-order valence-corrected chi connectivity index (χ0v) is 18.9. The van der Waals surface area contributed by atoms with Crippen LogP contribution in [-0.2, 0) is 6.54 Å². The Balaban J connectivity index is 1.42. The lowest BCUT2D eigenvalue weighted by Gasteiger charge is -2.14. The second-order valence-electron chi connectivity index (χ2n) is 7.03. The molecule has 2 aromatic carbocycles. The van der Waals surface area contributed by atoms with Gasteiger partial charge in [0.15, 0.2) is 0 Å². The van der Waals surface area contributed by atoms with Gasteiger partial charge in [-0.3, -0.25) is 10.3 Å². The summed E-state index contributed by atoms with van der Waals surface area (Å²) in [5.41, 5.74) is 1.78. The number of amides is 4. The lowest BCUT2D eigenvalue weighted by molar-refractivity contribution is 0.238. The second-order valence-corrected chi connectivity index (χ2v) is 7.47. The summed E-state index contributed by atoms with van der Waals surface area (Å²) >= 11 is 6.06. The molecular weight excluding hydrogens is 456 g/mol. The summed E-state index contributed by atoms with van der Waals surface area (Å²) < 4.78 is 5.76. The van der Waals surface area contributed by atoms with Gasteiger partial charge in [0.25, 0.3) is 0 Å². The molecule has 174 valence electrons. The van der Waals surface area contributed by atoms with Gasteiger partial charge in [0, 0.05) is 24.3 Å². The number of anilines is 2. The van der Waals surface area contributed by atoms with Gasteiger partial charge in [-0.1, -0.05) is 48.0 Å². The predicted molar refractivity (Wildman–Crippen MR) is 131 cm³/mol. The van der Waals surface area contributed by atoms with Gasteiger partial charge in [-0.15, -0.1) is 0 Å². The minimum atomic E-state index is -0.535. The number of hydrogen-bond donors (Lipinski definition) is 4. The molecule has 3 rings (SSSR count). The van der Waals surface area contributed by atoms with E-state index in [2.05, 4.69) is 31.1 Å². The Bertz CT molecular complexity index is 1150.